The number of quaternary nitrogens is 1. The van der Waals surface area contributed by atoms with Crippen LogP contribution >= 0.6 is 0 Å². The second kappa shape index (κ2) is 43.1. The molecule has 2 atom stereocenters. The lowest BCUT2D eigenvalue weighted by Crippen LogP contribution is -2.50. The van der Waals surface area contributed by atoms with E-state index in [1.165, 1.54) is 6.42 Å². The molecule has 0 amide bonds. The van der Waals surface area contributed by atoms with Gasteiger partial charge < -0.3 is 23.8 Å². The number of ether oxygens (including phenoxy) is 3. The predicted octanol–water partition coefficient (Wildman–Crippen LogP) is 13.2. The highest BCUT2D eigenvalue weighted by Crippen LogP contribution is 2.12. The van der Waals surface area contributed by atoms with E-state index < -0.39 is 18.1 Å². The topological polar surface area (TPSA) is 99.1 Å². The van der Waals surface area contributed by atoms with E-state index >= 15 is 0 Å². The number of likely N-dealkylation sites (N-methyl/N-ethyl adjacent to an activating group) is 1. The van der Waals surface area contributed by atoms with Gasteiger partial charge in [0, 0.05) is 19.3 Å². The van der Waals surface area contributed by atoms with Crippen molar-refractivity contribution in [2.45, 2.75) is 148 Å². The van der Waals surface area contributed by atoms with Gasteiger partial charge >= 0.3 is 17.9 Å². The largest absolute Gasteiger partial charge is 0.477 e. The van der Waals surface area contributed by atoms with Crippen LogP contribution in [0, 0.1) is 0 Å². The highest BCUT2D eigenvalue weighted by molar-refractivity contribution is 5.72. The van der Waals surface area contributed by atoms with Crippen LogP contribution in [0.5, 0.6) is 0 Å². The molecular formula is C54H84NO7+. The summed E-state index contributed by atoms with van der Waals surface area (Å²) in [4.78, 5) is 37.1. The van der Waals surface area contributed by atoms with E-state index in [0.717, 1.165) is 89.9 Å². The molecular weight excluding hydrogens is 775 g/mol. The average molecular weight is 859 g/mol. The maximum Gasteiger partial charge on any atom is 0.362 e. The van der Waals surface area contributed by atoms with E-state index in [9.17, 15) is 19.5 Å². The fraction of sp³-hybridized carbons (Fsp3) is 0.537. The fourth-order valence-electron chi connectivity index (χ4n) is 5.84. The Morgan fingerprint density at radius 1 is 0.516 bits per heavy atom. The van der Waals surface area contributed by atoms with E-state index in [2.05, 4.69) is 111 Å². The number of hydrogen-bond acceptors (Lipinski definition) is 6. The number of rotatable bonds is 39. The third-order valence-electron chi connectivity index (χ3n) is 9.39. The van der Waals surface area contributed by atoms with Crippen molar-refractivity contribution in [2.24, 2.45) is 0 Å². The van der Waals surface area contributed by atoms with Gasteiger partial charge in [0.1, 0.15) is 6.61 Å². The van der Waals surface area contributed by atoms with Crippen molar-refractivity contribution in [3.8, 4) is 0 Å². The zero-order valence-corrected chi connectivity index (χ0v) is 39.3. The van der Waals surface area contributed by atoms with Crippen LogP contribution in [-0.2, 0) is 28.6 Å². The van der Waals surface area contributed by atoms with Gasteiger partial charge in [-0.2, -0.15) is 0 Å². The molecule has 8 nitrogen and oxygen atoms in total. The minimum absolute atomic E-state index is 0.0216. The van der Waals surface area contributed by atoms with Crippen molar-refractivity contribution in [2.75, 3.05) is 41.0 Å². The Balaban J connectivity index is 4.51. The van der Waals surface area contributed by atoms with Gasteiger partial charge in [-0.15, -0.1) is 0 Å². The van der Waals surface area contributed by atoms with Crippen LogP contribution in [0.3, 0.4) is 0 Å². The summed E-state index contributed by atoms with van der Waals surface area (Å²) >= 11 is 0. The lowest BCUT2D eigenvalue weighted by atomic mass is 10.1. The van der Waals surface area contributed by atoms with Crippen LogP contribution in [0.2, 0.25) is 0 Å². The Kier molecular flexibility index (Phi) is 40.0. The highest BCUT2D eigenvalue weighted by Gasteiger charge is 2.31. The molecule has 0 aromatic heterocycles. The van der Waals surface area contributed by atoms with Crippen LogP contribution in [0.15, 0.2) is 134 Å². The number of aliphatic carboxylic acids is 1. The molecule has 1 N–H and O–H groups in total. The lowest BCUT2D eigenvalue weighted by molar-refractivity contribution is -0.887. The fourth-order valence-corrected chi connectivity index (χ4v) is 5.84. The van der Waals surface area contributed by atoms with Gasteiger partial charge in [0.15, 0.2) is 12.1 Å². The standard InChI is InChI=1S/C54H83NO7/c1-6-8-10-12-14-16-18-20-22-24-26-27-29-30-32-34-36-38-40-42-44-52(56)61-49-50(48-60-47-46-51(54(58)59)55(3,4)5)62-53(57)45-43-41-39-37-35-33-31-28-25-23-21-19-17-15-13-11-9-7-2/h8,10-11,13-17,19-23,25-28,30-32,36,38,50-51H,6-7,9,12,18,24,29,33-35,37,39-49H2,1-5H3/p+1/b10-8+,13-11+,16-14+,17-15+,21-19+,22-20+,25-23+,27-26+,31-28+,32-30+,38-36+. The molecule has 0 aliphatic heterocycles. The summed E-state index contributed by atoms with van der Waals surface area (Å²) in [7, 11) is 5.48. The van der Waals surface area contributed by atoms with Crippen LogP contribution < -0.4 is 0 Å². The van der Waals surface area contributed by atoms with Gasteiger partial charge in [0.2, 0.25) is 0 Å². The van der Waals surface area contributed by atoms with Gasteiger partial charge in [0.05, 0.1) is 34.4 Å². The van der Waals surface area contributed by atoms with Gasteiger partial charge in [-0.3, -0.25) is 9.59 Å². The first-order chi connectivity index (χ1) is 30.1. The molecule has 8 heteroatoms. The summed E-state index contributed by atoms with van der Waals surface area (Å²) in [5, 5.41) is 9.64. The molecule has 0 aliphatic rings. The second-order valence-corrected chi connectivity index (χ2v) is 16.0. The van der Waals surface area contributed by atoms with E-state index in [-0.39, 0.29) is 49.1 Å². The zero-order chi connectivity index (χ0) is 45.6. The molecule has 0 rings (SSSR count). The minimum Gasteiger partial charge on any atom is -0.477 e. The van der Waals surface area contributed by atoms with Crippen LogP contribution in [0.25, 0.3) is 0 Å². The highest BCUT2D eigenvalue weighted by atomic mass is 16.6. The Morgan fingerprint density at radius 3 is 1.52 bits per heavy atom. The molecule has 0 saturated carbocycles. The van der Waals surface area contributed by atoms with Crippen molar-refractivity contribution in [3.05, 3.63) is 134 Å². The molecule has 346 valence electrons. The first-order valence-corrected chi connectivity index (χ1v) is 23.3. The number of nitrogens with zero attached hydrogens (tertiary/aromatic N) is 1. The van der Waals surface area contributed by atoms with Crippen molar-refractivity contribution in [1.29, 1.82) is 0 Å². The van der Waals surface area contributed by atoms with Crippen LogP contribution in [0.1, 0.15) is 136 Å². The molecule has 62 heavy (non-hydrogen) atoms. The number of carbonyl (C=O) groups is 3. The molecule has 0 fully saturated rings. The number of carbonyl (C=O) groups excluding carboxylic acids is 2. The number of hydrogen-bond donors (Lipinski definition) is 1. The Labute approximate surface area is 377 Å². The van der Waals surface area contributed by atoms with Gasteiger partial charge in [-0.1, -0.05) is 173 Å². The molecule has 0 aliphatic carbocycles. The quantitative estimate of drug-likeness (QED) is 0.0216. The summed E-state index contributed by atoms with van der Waals surface area (Å²) in [6.45, 7) is 4.41. The number of carboxylic acids is 1. The normalized spacial score (nSPS) is 14.1. The summed E-state index contributed by atoms with van der Waals surface area (Å²) in [5.41, 5.74) is 0. The molecule has 0 heterocycles. The Morgan fingerprint density at radius 2 is 0.984 bits per heavy atom. The van der Waals surface area contributed by atoms with E-state index in [0.29, 0.717) is 12.8 Å². The minimum atomic E-state index is -0.894. The second-order valence-electron chi connectivity index (χ2n) is 16.0. The molecule has 0 bridgehead atoms. The molecule has 0 aromatic carbocycles. The third-order valence-corrected chi connectivity index (χ3v) is 9.39. The van der Waals surface area contributed by atoms with Gasteiger partial charge in [-0.05, 0) is 77.0 Å². The first-order valence-electron chi connectivity index (χ1n) is 23.3. The average Bonchev–Trinajstić information content (AvgIpc) is 3.23. The number of esters is 2. The number of allylic oxidation sites excluding steroid dienone is 22. The Bertz CT molecular complexity index is 1470. The molecule has 0 radical (unpaired) electrons. The monoisotopic (exact) mass is 859 g/mol. The lowest BCUT2D eigenvalue weighted by Gasteiger charge is -2.31. The van der Waals surface area contributed by atoms with Crippen molar-refractivity contribution in [1.82, 2.24) is 0 Å². The van der Waals surface area contributed by atoms with E-state index in [1.54, 1.807) is 0 Å². The summed E-state index contributed by atoms with van der Waals surface area (Å²) < 4.78 is 17.2. The van der Waals surface area contributed by atoms with E-state index in [1.807, 2.05) is 57.6 Å². The number of carboxylic acid groups (broad SMARTS) is 1. The van der Waals surface area contributed by atoms with Gasteiger partial charge in [0.25, 0.3) is 0 Å². The Hall–Kier alpha value is -4.53. The SMILES string of the molecule is CC/C=C/C/C=C/C/C=C/C/C=C/C/C=C/C/C=C/CCCC(=O)OCC(COCCC(C(=O)O)[N+](C)(C)C)OC(=O)CCCCCCC/C=C/C=C/C=C/C=C/C=C/CCC. The summed E-state index contributed by atoms with van der Waals surface area (Å²) in [6, 6.07) is -0.638. The number of unbranched alkanes of at least 4 members (excludes halogenated alkanes) is 7. The molecule has 0 saturated heterocycles. The smallest absolute Gasteiger partial charge is 0.362 e. The van der Waals surface area contributed by atoms with Crippen molar-refractivity contribution >= 4 is 17.9 Å². The van der Waals surface area contributed by atoms with Crippen LogP contribution in [0.4, 0.5) is 0 Å². The zero-order valence-electron chi connectivity index (χ0n) is 39.3. The molecule has 2 unspecified atom stereocenters. The van der Waals surface area contributed by atoms with Gasteiger partial charge in [-0.25, -0.2) is 4.79 Å². The first kappa shape index (κ1) is 57.5. The van der Waals surface area contributed by atoms with Crippen molar-refractivity contribution in [3.63, 3.8) is 0 Å². The predicted molar refractivity (Wildman–Crippen MR) is 261 cm³/mol. The summed E-state index contributed by atoms with van der Waals surface area (Å²) in [6.07, 6.45) is 62.1. The molecule has 0 spiro atoms. The maximum atomic E-state index is 12.8. The molecule has 0 aromatic rings. The summed E-state index contributed by atoms with van der Waals surface area (Å²) in [5.74, 6) is -1.60. The maximum absolute atomic E-state index is 12.8. The van der Waals surface area contributed by atoms with Crippen molar-refractivity contribution < 1.29 is 38.2 Å². The van der Waals surface area contributed by atoms with Crippen LogP contribution in [-0.4, -0.2) is 80.6 Å². The van der Waals surface area contributed by atoms with E-state index in [4.69, 9.17) is 14.2 Å². The third kappa shape index (κ3) is 40.9.